The molecule has 4 heterocycles. The molecule has 3 aromatic rings. The van der Waals surface area contributed by atoms with Crippen LogP contribution in [0.3, 0.4) is 0 Å². The lowest BCUT2D eigenvalue weighted by Crippen LogP contribution is -2.23. The highest BCUT2D eigenvalue weighted by molar-refractivity contribution is 5.61. The molecule has 6 heteroatoms. The molecule has 0 radical (unpaired) electrons. The normalized spacial score (nSPS) is 17.5. The van der Waals surface area contributed by atoms with Gasteiger partial charge >= 0.3 is 0 Å². The van der Waals surface area contributed by atoms with Gasteiger partial charge in [-0.15, -0.1) is 0 Å². The van der Waals surface area contributed by atoms with Crippen LogP contribution in [-0.4, -0.2) is 44.7 Å². The van der Waals surface area contributed by atoms with Crippen molar-refractivity contribution in [3.8, 4) is 11.3 Å². The summed E-state index contributed by atoms with van der Waals surface area (Å²) >= 11 is 0. The van der Waals surface area contributed by atoms with E-state index in [0.29, 0.717) is 5.92 Å². The largest absolute Gasteiger partial charge is 0.370 e. The third kappa shape index (κ3) is 3.91. The third-order valence-corrected chi connectivity index (χ3v) is 4.89. The molecule has 26 heavy (non-hydrogen) atoms. The Bertz CT molecular complexity index is 844. The van der Waals surface area contributed by atoms with Crippen LogP contribution in [0.2, 0.25) is 0 Å². The van der Waals surface area contributed by atoms with Crippen LogP contribution in [0, 0.1) is 12.8 Å². The molecule has 4 rings (SSSR count). The number of H-pyrrole nitrogens is 1. The summed E-state index contributed by atoms with van der Waals surface area (Å²) < 4.78 is 0. The van der Waals surface area contributed by atoms with Gasteiger partial charge in [0, 0.05) is 48.8 Å². The zero-order valence-electron chi connectivity index (χ0n) is 15.0. The van der Waals surface area contributed by atoms with Gasteiger partial charge in [-0.25, -0.2) is 4.98 Å². The second-order valence-corrected chi connectivity index (χ2v) is 6.95. The van der Waals surface area contributed by atoms with Crippen molar-refractivity contribution in [1.29, 1.82) is 0 Å². The van der Waals surface area contributed by atoms with Crippen molar-refractivity contribution in [1.82, 2.24) is 25.1 Å². The zero-order valence-corrected chi connectivity index (χ0v) is 15.0. The van der Waals surface area contributed by atoms with Crippen LogP contribution in [0.25, 0.3) is 11.3 Å². The standard InChI is InChI=1S/C20H24N6/c1-15-4-2-6-19(24-15)22-10-16-7-9-26(13-16)14-18-12-23-25-20(18)17-5-3-8-21-11-17/h2-6,8,11-12,16H,7,9-10,13-14H2,1H3,(H,22,24)(H,23,25)/t16-/m0/s1. The summed E-state index contributed by atoms with van der Waals surface area (Å²) in [5, 5.41) is 10.8. The Balaban J connectivity index is 1.33. The number of nitrogens with one attached hydrogen (secondary N) is 2. The number of rotatable bonds is 6. The molecule has 0 aromatic carbocycles. The first kappa shape index (κ1) is 16.7. The number of aromatic amines is 1. The monoisotopic (exact) mass is 348 g/mol. The van der Waals surface area contributed by atoms with E-state index in [-0.39, 0.29) is 0 Å². The van der Waals surface area contributed by atoms with Gasteiger partial charge < -0.3 is 5.32 Å². The molecular weight excluding hydrogens is 324 g/mol. The minimum atomic E-state index is 0.644. The molecule has 6 nitrogen and oxygen atoms in total. The number of hydrogen-bond acceptors (Lipinski definition) is 5. The minimum absolute atomic E-state index is 0.644. The Hall–Kier alpha value is -2.73. The summed E-state index contributed by atoms with van der Waals surface area (Å²) in [5.74, 6) is 1.61. The second-order valence-electron chi connectivity index (χ2n) is 6.95. The summed E-state index contributed by atoms with van der Waals surface area (Å²) in [6.07, 6.45) is 6.81. The summed E-state index contributed by atoms with van der Waals surface area (Å²) in [6, 6.07) is 10.1. The first-order chi connectivity index (χ1) is 12.8. The highest BCUT2D eigenvalue weighted by atomic mass is 15.2. The lowest BCUT2D eigenvalue weighted by molar-refractivity contribution is 0.319. The van der Waals surface area contributed by atoms with Gasteiger partial charge in [0.05, 0.1) is 11.9 Å². The number of hydrogen-bond donors (Lipinski definition) is 2. The molecule has 3 aromatic heterocycles. The summed E-state index contributed by atoms with van der Waals surface area (Å²) in [4.78, 5) is 11.2. The van der Waals surface area contributed by atoms with Gasteiger partial charge in [-0.2, -0.15) is 5.10 Å². The molecule has 1 saturated heterocycles. The maximum absolute atomic E-state index is 4.52. The van der Waals surface area contributed by atoms with E-state index in [4.69, 9.17) is 0 Å². The highest BCUT2D eigenvalue weighted by Crippen LogP contribution is 2.24. The van der Waals surface area contributed by atoms with E-state index >= 15 is 0 Å². The van der Waals surface area contributed by atoms with E-state index < -0.39 is 0 Å². The Morgan fingerprint density at radius 1 is 1.23 bits per heavy atom. The van der Waals surface area contributed by atoms with Crippen LogP contribution in [0.4, 0.5) is 5.82 Å². The lowest BCUT2D eigenvalue weighted by atomic mass is 10.1. The molecule has 1 fully saturated rings. The molecule has 1 aliphatic rings. The van der Waals surface area contributed by atoms with Gasteiger partial charge in [0.2, 0.25) is 0 Å². The number of anilines is 1. The van der Waals surface area contributed by atoms with E-state index in [0.717, 1.165) is 48.9 Å². The van der Waals surface area contributed by atoms with Crippen LogP contribution in [-0.2, 0) is 6.54 Å². The molecule has 0 unspecified atom stereocenters. The highest BCUT2D eigenvalue weighted by Gasteiger charge is 2.23. The van der Waals surface area contributed by atoms with Crippen LogP contribution in [0.15, 0.2) is 48.9 Å². The number of aromatic nitrogens is 4. The predicted octanol–water partition coefficient (Wildman–Crippen LogP) is 3.11. The molecule has 1 aliphatic heterocycles. The van der Waals surface area contributed by atoms with Gasteiger partial charge in [0.1, 0.15) is 5.82 Å². The average Bonchev–Trinajstić information content (AvgIpc) is 3.31. The molecule has 1 atom stereocenters. The van der Waals surface area contributed by atoms with Gasteiger partial charge in [-0.1, -0.05) is 6.07 Å². The van der Waals surface area contributed by atoms with Crippen molar-refractivity contribution in [2.24, 2.45) is 5.92 Å². The fraction of sp³-hybridized carbons (Fsp3) is 0.350. The molecule has 2 N–H and O–H groups in total. The van der Waals surface area contributed by atoms with Crippen LogP contribution >= 0.6 is 0 Å². The molecule has 134 valence electrons. The van der Waals surface area contributed by atoms with Crippen molar-refractivity contribution in [3.05, 3.63) is 60.2 Å². The second kappa shape index (κ2) is 7.66. The van der Waals surface area contributed by atoms with Gasteiger partial charge in [-0.05, 0) is 50.1 Å². The van der Waals surface area contributed by atoms with E-state index in [9.17, 15) is 0 Å². The van der Waals surface area contributed by atoms with E-state index in [2.05, 4.69) is 36.4 Å². The van der Waals surface area contributed by atoms with Gasteiger partial charge in [0.25, 0.3) is 0 Å². The quantitative estimate of drug-likeness (QED) is 0.716. The number of likely N-dealkylation sites (tertiary alicyclic amines) is 1. The summed E-state index contributed by atoms with van der Waals surface area (Å²) in [6.45, 7) is 6.11. The molecule has 0 amide bonds. The minimum Gasteiger partial charge on any atom is -0.370 e. The van der Waals surface area contributed by atoms with E-state index in [1.165, 1.54) is 12.0 Å². The number of aryl methyl sites for hydroxylation is 1. The number of pyridine rings is 2. The van der Waals surface area contributed by atoms with Crippen LogP contribution in [0.5, 0.6) is 0 Å². The lowest BCUT2D eigenvalue weighted by Gasteiger charge is -2.16. The molecule has 0 saturated carbocycles. The Morgan fingerprint density at radius 3 is 3.04 bits per heavy atom. The van der Waals surface area contributed by atoms with Crippen molar-refractivity contribution < 1.29 is 0 Å². The smallest absolute Gasteiger partial charge is 0.126 e. The van der Waals surface area contributed by atoms with Crippen molar-refractivity contribution in [2.45, 2.75) is 19.9 Å². The summed E-state index contributed by atoms with van der Waals surface area (Å²) in [7, 11) is 0. The van der Waals surface area contributed by atoms with E-state index in [1.807, 2.05) is 43.6 Å². The fourth-order valence-corrected chi connectivity index (χ4v) is 3.55. The first-order valence-electron chi connectivity index (χ1n) is 9.10. The van der Waals surface area contributed by atoms with Crippen molar-refractivity contribution in [2.75, 3.05) is 25.0 Å². The topological polar surface area (TPSA) is 69.7 Å². The first-order valence-corrected chi connectivity index (χ1v) is 9.10. The number of nitrogens with zero attached hydrogens (tertiary/aromatic N) is 4. The maximum Gasteiger partial charge on any atom is 0.126 e. The Labute approximate surface area is 153 Å². The van der Waals surface area contributed by atoms with E-state index in [1.54, 1.807) is 6.20 Å². The van der Waals surface area contributed by atoms with Crippen LogP contribution < -0.4 is 5.32 Å². The molecular formula is C20H24N6. The van der Waals surface area contributed by atoms with Gasteiger partial charge in [-0.3, -0.25) is 15.0 Å². The Kier molecular flexibility index (Phi) is 4.93. The zero-order chi connectivity index (χ0) is 17.8. The summed E-state index contributed by atoms with van der Waals surface area (Å²) in [5.41, 5.74) is 4.43. The van der Waals surface area contributed by atoms with Crippen molar-refractivity contribution >= 4 is 5.82 Å². The molecule has 0 spiro atoms. The SMILES string of the molecule is Cc1cccc(NC[C@@H]2CCN(Cc3cn[nH]c3-c3cccnc3)C2)n1. The van der Waals surface area contributed by atoms with Crippen molar-refractivity contribution in [3.63, 3.8) is 0 Å². The molecule has 0 aliphatic carbocycles. The average molecular weight is 348 g/mol. The third-order valence-electron chi connectivity index (χ3n) is 4.89. The maximum atomic E-state index is 4.52. The predicted molar refractivity (Wildman–Crippen MR) is 103 cm³/mol. The van der Waals surface area contributed by atoms with Gasteiger partial charge in [0.15, 0.2) is 0 Å². The fourth-order valence-electron chi connectivity index (χ4n) is 3.55. The Morgan fingerprint density at radius 2 is 2.19 bits per heavy atom. The molecule has 0 bridgehead atoms. The van der Waals surface area contributed by atoms with Crippen LogP contribution in [0.1, 0.15) is 17.7 Å².